The highest BCUT2D eigenvalue weighted by atomic mass is 16.6. The van der Waals surface area contributed by atoms with E-state index in [9.17, 15) is 0 Å². The fourth-order valence-electron chi connectivity index (χ4n) is 0.394. The van der Waals surface area contributed by atoms with E-state index in [0.717, 1.165) is 12.8 Å². The van der Waals surface area contributed by atoms with Crippen LogP contribution in [0.15, 0.2) is 0 Å². The van der Waals surface area contributed by atoms with E-state index in [1.807, 2.05) is 20.8 Å². The average Bonchev–Trinajstić information content (AvgIpc) is 1.87. The Hall–Kier alpha value is -0.0800. The van der Waals surface area contributed by atoms with Crippen LogP contribution in [0.4, 0.5) is 0 Å². The molecular formula is C6H14NO. The number of rotatable bonds is 3. The molecule has 0 atom stereocenters. The molecule has 0 amide bonds. The lowest BCUT2D eigenvalue weighted by Crippen LogP contribution is -2.25. The summed E-state index contributed by atoms with van der Waals surface area (Å²) < 4.78 is 0. The van der Waals surface area contributed by atoms with Crippen LogP contribution in [0.5, 0.6) is 0 Å². The van der Waals surface area contributed by atoms with E-state index >= 15 is 0 Å². The molecule has 49 valence electrons. The highest BCUT2D eigenvalue weighted by molar-refractivity contribution is 4.68. The summed E-state index contributed by atoms with van der Waals surface area (Å²) in [6.07, 6.45) is 1.82. The molecule has 0 unspecified atom stereocenters. The van der Waals surface area contributed by atoms with Gasteiger partial charge in [-0.1, -0.05) is 13.8 Å². The molecule has 0 aliphatic rings. The summed E-state index contributed by atoms with van der Waals surface area (Å²) in [6, 6.07) is 0. The van der Waals surface area contributed by atoms with Crippen LogP contribution in [0.1, 0.15) is 33.6 Å². The topological polar surface area (TPSA) is 33.0 Å². The third kappa shape index (κ3) is 1.80. The molecule has 0 aliphatic heterocycles. The summed E-state index contributed by atoms with van der Waals surface area (Å²) in [7, 11) is 0. The zero-order chi connectivity index (χ0) is 6.62. The van der Waals surface area contributed by atoms with E-state index < -0.39 is 0 Å². The molecule has 2 nitrogen and oxygen atoms in total. The maximum atomic E-state index is 6.66. The van der Waals surface area contributed by atoms with Gasteiger partial charge in [0.1, 0.15) is 0 Å². The van der Waals surface area contributed by atoms with E-state index in [4.69, 9.17) is 5.90 Å². The molecule has 0 aromatic heterocycles. The van der Waals surface area contributed by atoms with Crippen LogP contribution in [-0.4, -0.2) is 5.60 Å². The Labute approximate surface area is 51.0 Å². The monoisotopic (exact) mass is 116 g/mol. The first-order valence-corrected chi connectivity index (χ1v) is 3.03. The second kappa shape index (κ2) is 3.05. The van der Waals surface area contributed by atoms with E-state index in [1.54, 1.807) is 0 Å². The van der Waals surface area contributed by atoms with Gasteiger partial charge in [-0.05, 0) is 19.8 Å². The molecule has 0 heterocycles. The van der Waals surface area contributed by atoms with Crippen LogP contribution in [0, 0.1) is 0 Å². The lowest BCUT2D eigenvalue weighted by Gasteiger charge is -2.21. The summed E-state index contributed by atoms with van der Waals surface area (Å²) in [5.74, 6) is 6.66. The normalized spacial score (nSPS) is 12.0. The van der Waals surface area contributed by atoms with Gasteiger partial charge in [0.15, 0.2) is 0 Å². The Morgan fingerprint density at radius 2 is 1.75 bits per heavy atom. The molecule has 8 heavy (non-hydrogen) atoms. The molecule has 0 bridgehead atoms. The minimum atomic E-state index is -0.208. The highest BCUT2D eigenvalue weighted by Crippen LogP contribution is 2.16. The fourth-order valence-corrected chi connectivity index (χ4v) is 0.394. The van der Waals surface area contributed by atoms with Gasteiger partial charge in [-0.25, -0.2) is 0 Å². The van der Waals surface area contributed by atoms with E-state index in [1.165, 1.54) is 0 Å². The minimum absolute atomic E-state index is 0.208. The second-order valence-corrected chi connectivity index (χ2v) is 2.26. The third-order valence-electron chi connectivity index (χ3n) is 1.74. The van der Waals surface area contributed by atoms with Crippen LogP contribution in [0.2, 0.25) is 0 Å². The molecule has 0 aliphatic carbocycles. The van der Waals surface area contributed by atoms with Crippen molar-refractivity contribution in [2.45, 2.75) is 39.2 Å². The summed E-state index contributed by atoms with van der Waals surface area (Å²) in [4.78, 5) is 4.49. The average molecular weight is 116 g/mol. The Kier molecular flexibility index (Phi) is 3.02. The number of nitrogens with one attached hydrogen (secondary N) is 1. The zero-order valence-electron chi connectivity index (χ0n) is 5.82. The predicted octanol–water partition coefficient (Wildman–Crippen LogP) is 1.78. The quantitative estimate of drug-likeness (QED) is 0.517. The lowest BCUT2D eigenvalue weighted by atomic mass is 10.0. The van der Waals surface area contributed by atoms with Gasteiger partial charge in [-0.2, -0.15) is 0 Å². The molecular weight excluding hydrogens is 102 g/mol. The standard InChI is InChI=1S/C6H14NO/c1-4-6(3,5-2)8-7/h7H,4-5H2,1-3H3. The first kappa shape index (κ1) is 7.92. The van der Waals surface area contributed by atoms with Gasteiger partial charge in [0, 0.05) is 0 Å². The van der Waals surface area contributed by atoms with E-state index in [-0.39, 0.29) is 5.60 Å². The van der Waals surface area contributed by atoms with Crippen LogP contribution >= 0.6 is 0 Å². The van der Waals surface area contributed by atoms with E-state index in [0.29, 0.717) is 0 Å². The molecule has 0 fully saturated rings. The Morgan fingerprint density at radius 3 is 1.75 bits per heavy atom. The molecule has 0 rings (SSSR count). The van der Waals surface area contributed by atoms with Crippen molar-refractivity contribution in [3.63, 3.8) is 0 Å². The molecule has 1 radical (unpaired) electrons. The molecule has 0 spiro atoms. The van der Waals surface area contributed by atoms with Gasteiger partial charge in [-0.15, -0.1) is 5.90 Å². The predicted molar refractivity (Wildman–Crippen MR) is 33.2 cm³/mol. The van der Waals surface area contributed by atoms with Crippen molar-refractivity contribution in [3.8, 4) is 0 Å². The van der Waals surface area contributed by atoms with Crippen molar-refractivity contribution in [1.82, 2.24) is 5.90 Å². The second-order valence-electron chi connectivity index (χ2n) is 2.26. The van der Waals surface area contributed by atoms with Gasteiger partial charge < -0.3 is 0 Å². The zero-order valence-corrected chi connectivity index (χ0v) is 5.82. The van der Waals surface area contributed by atoms with Gasteiger partial charge in [-0.3, -0.25) is 4.84 Å². The first-order chi connectivity index (χ1) is 3.68. The summed E-state index contributed by atoms with van der Waals surface area (Å²) in [5, 5.41) is 0. The maximum absolute atomic E-state index is 6.66. The van der Waals surface area contributed by atoms with Crippen molar-refractivity contribution >= 4 is 0 Å². The van der Waals surface area contributed by atoms with Crippen molar-refractivity contribution in [2.24, 2.45) is 0 Å². The number of hydrogen-bond acceptors (Lipinski definition) is 1. The van der Waals surface area contributed by atoms with Crippen molar-refractivity contribution in [2.75, 3.05) is 0 Å². The van der Waals surface area contributed by atoms with Crippen LogP contribution < -0.4 is 5.90 Å². The lowest BCUT2D eigenvalue weighted by molar-refractivity contribution is -0.0520. The third-order valence-corrected chi connectivity index (χ3v) is 1.74. The summed E-state index contributed by atoms with van der Waals surface area (Å²) >= 11 is 0. The van der Waals surface area contributed by atoms with Crippen LogP contribution in [0.25, 0.3) is 0 Å². The molecule has 2 heteroatoms. The van der Waals surface area contributed by atoms with Gasteiger partial charge in [0.2, 0.25) is 0 Å². The smallest absolute Gasteiger partial charge is 0.0881 e. The number of hydrogen-bond donors (Lipinski definition) is 0. The fraction of sp³-hybridized carbons (Fsp3) is 1.00. The SMILES string of the molecule is CCC(C)(CC)O[NH]. The molecule has 0 aromatic rings. The summed E-state index contributed by atoms with van der Waals surface area (Å²) in [5.41, 5.74) is -0.208. The Bertz CT molecular complexity index is 51.3. The van der Waals surface area contributed by atoms with Gasteiger partial charge in [0.05, 0.1) is 5.60 Å². The Morgan fingerprint density at radius 1 is 1.38 bits per heavy atom. The van der Waals surface area contributed by atoms with Crippen LogP contribution in [-0.2, 0) is 4.84 Å². The van der Waals surface area contributed by atoms with Gasteiger partial charge >= 0.3 is 0 Å². The molecule has 1 N–H and O–H groups in total. The van der Waals surface area contributed by atoms with Crippen molar-refractivity contribution in [1.29, 1.82) is 0 Å². The molecule has 0 aromatic carbocycles. The van der Waals surface area contributed by atoms with Crippen molar-refractivity contribution in [3.05, 3.63) is 0 Å². The van der Waals surface area contributed by atoms with Gasteiger partial charge in [0.25, 0.3) is 0 Å². The van der Waals surface area contributed by atoms with Crippen molar-refractivity contribution < 1.29 is 4.84 Å². The summed E-state index contributed by atoms with van der Waals surface area (Å²) in [6.45, 7) is 6.00. The highest BCUT2D eigenvalue weighted by Gasteiger charge is 2.18. The largest absolute Gasteiger partial charge is 0.279 e. The molecule has 0 saturated heterocycles. The minimum Gasteiger partial charge on any atom is -0.279 e. The first-order valence-electron chi connectivity index (χ1n) is 3.03. The van der Waals surface area contributed by atoms with E-state index in [2.05, 4.69) is 4.84 Å². The maximum Gasteiger partial charge on any atom is 0.0881 e. The Balaban J connectivity index is 3.58. The van der Waals surface area contributed by atoms with Crippen LogP contribution in [0.3, 0.4) is 0 Å². The molecule has 0 saturated carbocycles.